The molecule has 0 aliphatic carbocycles. The summed E-state index contributed by atoms with van der Waals surface area (Å²) in [6.07, 6.45) is 0. The SMILES string of the molecule is CC(=O)Oc1cccc(C(=O)Nc2nc(C(C)(C)C)cs2)c1. The molecule has 2 rings (SSSR count). The van der Waals surface area contributed by atoms with Crippen LogP contribution in [-0.4, -0.2) is 16.9 Å². The van der Waals surface area contributed by atoms with Gasteiger partial charge in [0.15, 0.2) is 5.13 Å². The molecule has 0 bridgehead atoms. The van der Waals surface area contributed by atoms with Gasteiger partial charge in [-0.1, -0.05) is 26.8 Å². The third kappa shape index (κ3) is 4.14. The number of benzene rings is 1. The van der Waals surface area contributed by atoms with Crippen molar-refractivity contribution in [2.75, 3.05) is 5.32 Å². The number of hydrogen-bond acceptors (Lipinski definition) is 5. The van der Waals surface area contributed by atoms with Crippen LogP contribution in [0.1, 0.15) is 43.7 Å². The lowest BCUT2D eigenvalue weighted by Gasteiger charge is -2.14. The van der Waals surface area contributed by atoms with Crippen molar-refractivity contribution in [3.05, 3.63) is 40.9 Å². The maximum atomic E-state index is 12.2. The molecule has 2 aromatic rings. The molecular weight excluding hydrogens is 300 g/mol. The molecule has 116 valence electrons. The molecule has 1 amide bonds. The van der Waals surface area contributed by atoms with E-state index in [1.54, 1.807) is 18.2 Å². The Balaban J connectivity index is 2.12. The minimum Gasteiger partial charge on any atom is -0.427 e. The highest BCUT2D eigenvalue weighted by molar-refractivity contribution is 7.14. The number of thiazole rings is 1. The van der Waals surface area contributed by atoms with Gasteiger partial charge in [-0.05, 0) is 18.2 Å². The monoisotopic (exact) mass is 318 g/mol. The standard InChI is InChI=1S/C16H18N2O3S/c1-10(19)21-12-7-5-6-11(8-12)14(20)18-15-17-13(9-22-15)16(2,3)4/h5-9H,1-4H3,(H,17,18,20). The normalized spacial score (nSPS) is 11.1. The van der Waals surface area contributed by atoms with E-state index in [0.717, 1.165) is 5.69 Å². The molecule has 0 aliphatic rings. The van der Waals surface area contributed by atoms with E-state index in [1.165, 1.54) is 24.3 Å². The summed E-state index contributed by atoms with van der Waals surface area (Å²) >= 11 is 1.39. The van der Waals surface area contributed by atoms with Crippen LogP contribution in [0.4, 0.5) is 5.13 Å². The van der Waals surface area contributed by atoms with Crippen molar-refractivity contribution >= 4 is 28.3 Å². The van der Waals surface area contributed by atoms with Crippen LogP contribution < -0.4 is 10.1 Å². The molecule has 0 saturated carbocycles. The lowest BCUT2D eigenvalue weighted by molar-refractivity contribution is -0.131. The maximum absolute atomic E-state index is 12.2. The van der Waals surface area contributed by atoms with Crippen LogP contribution >= 0.6 is 11.3 Å². The van der Waals surface area contributed by atoms with E-state index in [-0.39, 0.29) is 11.3 Å². The van der Waals surface area contributed by atoms with E-state index in [9.17, 15) is 9.59 Å². The molecule has 0 saturated heterocycles. The third-order valence-corrected chi connectivity index (χ3v) is 3.61. The Bertz CT molecular complexity index is 701. The molecule has 0 atom stereocenters. The quantitative estimate of drug-likeness (QED) is 0.693. The Kier molecular flexibility index (Phi) is 4.61. The van der Waals surface area contributed by atoms with E-state index < -0.39 is 5.97 Å². The van der Waals surface area contributed by atoms with Gasteiger partial charge in [-0.2, -0.15) is 0 Å². The number of esters is 1. The average molecular weight is 318 g/mol. The van der Waals surface area contributed by atoms with Crippen molar-refractivity contribution in [2.24, 2.45) is 0 Å². The number of carbonyl (C=O) groups is 2. The van der Waals surface area contributed by atoms with Crippen molar-refractivity contribution in [3.63, 3.8) is 0 Å². The van der Waals surface area contributed by atoms with Crippen LogP contribution in [0.3, 0.4) is 0 Å². The summed E-state index contributed by atoms with van der Waals surface area (Å²) in [5.74, 6) is -0.370. The van der Waals surface area contributed by atoms with Gasteiger partial charge in [0.2, 0.25) is 0 Å². The predicted molar refractivity (Wildman–Crippen MR) is 86.5 cm³/mol. The average Bonchev–Trinajstić information content (AvgIpc) is 2.86. The van der Waals surface area contributed by atoms with Crippen LogP contribution in [0.5, 0.6) is 5.75 Å². The van der Waals surface area contributed by atoms with Gasteiger partial charge in [-0.15, -0.1) is 11.3 Å². The predicted octanol–water partition coefficient (Wildman–Crippen LogP) is 3.62. The first-order chi connectivity index (χ1) is 10.3. The third-order valence-electron chi connectivity index (χ3n) is 2.85. The first-order valence-corrected chi connectivity index (χ1v) is 7.69. The number of rotatable bonds is 3. The minimum absolute atomic E-state index is 0.0608. The highest BCUT2D eigenvalue weighted by Crippen LogP contribution is 2.26. The Morgan fingerprint density at radius 3 is 2.59 bits per heavy atom. The fraction of sp³-hybridized carbons (Fsp3) is 0.312. The van der Waals surface area contributed by atoms with Gasteiger partial charge in [-0.3, -0.25) is 14.9 Å². The molecular formula is C16H18N2O3S. The number of ether oxygens (including phenoxy) is 1. The van der Waals surface area contributed by atoms with Gasteiger partial charge in [-0.25, -0.2) is 4.98 Å². The number of amides is 1. The van der Waals surface area contributed by atoms with E-state index in [1.807, 2.05) is 5.38 Å². The zero-order valence-corrected chi connectivity index (χ0v) is 13.8. The second-order valence-corrected chi connectivity index (χ2v) is 6.72. The Hall–Kier alpha value is -2.21. The Labute approximate surface area is 133 Å². The Morgan fingerprint density at radius 2 is 2.00 bits per heavy atom. The molecule has 1 heterocycles. The summed E-state index contributed by atoms with van der Waals surface area (Å²) in [6, 6.07) is 6.46. The van der Waals surface area contributed by atoms with Gasteiger partial charge in [0, 0.05) is 23.3 Å². The second-order valence-electron chi connectivity index (χ2n) is 5.86. The Morgan fingerprint density at radius 1 is 1.27 bits per heavy atom. The lowest BCUT2D eigenvalue weighted by Crippen LogP contribution is -2.14. The van der Waals surface area contributed by atoms with Crippen molar-refractivity contribution in [1.29, 1.82) is 0 Å². The first-order valence-electron chi connectivity index (χ1n) is 6.81. The fourth-order valence-corrected chi connectivity index (χ4v) is 2.64. The maximum Gasteiger partial charge on any atom is 0.308 e. The summed E-state index contributed by atoms with van der Waals surface area (Å²) in [7, 11) is 0. The highest BCUT2D eigenvalue weighted by atomic mass is 32.1. The summed E-state index contributed by atoms with van der Waals surface area (Å²) < 4.78 is 4.97. The first kappa shape index (κ1) is 16.2. The smallest absolute Gasteiger partial charge is 0.308 e. The molecule has 0 unspecified atom stereocenters. The zero-order valence-electron chi connectivity index (χ0n) is 13.0. The molecule has 1 N–H and O–H groups in total. The van der Waals surface area contributed by atoms with E-state index >= 15 is 0 Å². The molecule has 0 spiro atoms. The van der Waals surface area contributed by atoms with Gasteiger partial charge in [0.05, 0.1) is 5.69 Å². The van der Waals surface area contributed by atoms with Crippen molar-refractivity contribution in [2.45, 2.75) is 33.1 Å². The van der Waals surface area contributed by atoms with Crippen molar-refractivity contribution in [3.8, 4) is 5.75 Å². The highest BCUT2D eigenvalue weighted by Gasteiger charge is 2.18. The fourth-order valence-electron chi connectivity index (χ4n) is 1.71. The van der Waals surface area contributed by atoms with Crippen LogP contribution in [0.15, 0.2) is 29.6 Å². The van der Waals surface area contributed by atoms with Crippen LogP contribution in [0.25, 0.3) is 0 Å². The van der Waals surface area contributed by atoms with E-state index in [0.29, 0.717) is 16.4 Å². The second kappa shape index (κ2) is 6.27. The van der Waals surface area contributed by atoms with E-state index in [4.69, 9.17) is 4.74 Å². The zero-order chi connectivity index (χ0) is 16.3. The number of nitrogens with zero attached hydrogens (tertiary/aromatic N) is 1. The van der Waals surface area contributed by atoms with Gasteiger partial charge >= 0.3 is 5.97 Å². The van der Waals surface area contributed by atoms with Gasteiger partial charge in [0.25, 0.3) is 5.91 Å². The number of hydrogen-bond donors (Lipinski definition) is 1. The van der Waals surface area contributed by atoms with Gasteiger partial charge < -0.3 is 4.74 Å². The van der Waals surface area contributed by atoms with Gasteiger partial charge in [0.1, 0.15) is 5.75 Å². The molecule has 5 nitrogen and oxygen atoms in total. The summed E-state index contributed by atoms with van der Waals surface area (Å²) in [5.41, 5.74) is 1.28. The summed E-state index contributed by atoms with van der Waals surface area (Å²) in [6.45, 7) is 7.51. The largest absolute Gasteiger partial charge is 0.427 e. The number of anilines is 1. The lowest BCUT2D eigenvalue weighted by atomic mass is 9.93. The topological polar surface area (TPSA) is 68.3 Å². The van der Waals surface area contributed by atoms with Crippen molar-refractivity contribution < 1.29 is 14.3 Å². The van der Waals surface area contributed by atoms with Crippen LogP contribution in [0.2, 0.25) is 0 Å². The number of carbonyl (C=O) groups excluding carboxylic acids is 2. The molecule has 0 radical (unpaired) electrons. The summed E-state index contributed by atoms with van der Waals surface area (Å²) in [5, 5.41) is 5.24. The minimum atomic E-state index is -0.424. The van der Waals surface area contributed by atoms with Crippen LogP contribution in [0, 0.1) is 0 Å². The molecule has 0 fully saturated rings. The number of aromatic nitrogens is 1. The molecule has 0 aliphatic heterocycles. The van der Waals surface area contributed by atoms with Crippen molar-refractivity contribution in [1.82, 2.24) is 4.98 Å². The molecule has 1 aromatic carbocycles. The molecule has 1 aromatic heterocycles. The van der Waals surface area contributed by atoms with Crippen LogP contribution in [-0.2, 0) is 10.2 Å². The number of nitrogens with one attached hydrogen (secondary N) is 1. The molecule has 6 heteroatoms. The summed E-state index contributed by atoms with van der Waals surface area (Å²) in [4.78, 5) is 27.6. The van der Waals surface area contributed by atoms with E-state index in [2.05, 4.69) is 31.1 Å². The molecule has 22 heavy (non-hydrogen) atoms.